The lowest BCUT2D eigenvalue weighted by molar-refractivity contribution is -0.149. The molecule has 2 atom stereocenters. The second-order valence-corrected chi connectivity index (χ2v) is 8.93. The van der Waals surface area contributed by atoms with E-state index in [9.17, 15) is 9.59 Å². The quantitative estimate of drug-likeness (QED) is 0.707. The number of thioether (sulfide) groups is 1. The first kappa shape index (κ1) is 19.7. The first-order valence-corrected chi connectivity index (χ1v) is 10.5. The summed E-state index contributed by atoms with van der Waals surface area (Å²) in [4.78, 5) is 27.7. The fourth-order valence-corrected chi connectivity index (χ4v) is 4.76. The Bertz CT molecular complexity index is 833. The molecule has 1 amide bonds. The number of carbonyl (C=O) groups is 2. The van der Waals surface area contributed by atoms with Gasteiger partial charge in [-0.1, -0.05) is 58.0 Å². The number of fused-ring (bicyclic) bond motifs is 1. The molecule has 1 aliphatic heterocycles. The molecule has 0 bridgehead atoms. The van der Waals surface area contributed by atoms with Gasteiger partial charge >= 0.3 is 5.97 Å². The number of esters is 1. The largest absolute Gasteiger partial charge is 0.464 e. The molecule has 27 heavy (non-hydrogen) atoms. The van der Waals surface area contributed by atoms with Crippen LogP contribution in [-0.2, 0) is 9.53 Å². The van der Waals surface area contributed by atoms with Crippen molar-refractivity contribution in [3.63, 3.8) is 0 Å². The zero-order valence-corrected chi connectivity index (χ0v) is 17.2. The SMILES string of the molecule is CC(C)COC(=O)[C@H]1CS[C@@H](C(C)C)N1C(=O)c1ccc2ccccc2c1. The van der Waals surface area contributed by atoms with Crippen LogP contribution in [0.5, 0.6) is 0 Å². The highest BCUT2D eigenvalue weighted by Crippen LogP contribution is 2.36. The molecule has 2 aromatic rings. The maximum atomic E-state index is 13.4. The summed E-state index contributed by atoms with van der Waals surface area (Å²) in [5.41, 5.74) is 0.614. The van der Waals surface area contributed by atoms with Gasteiger partial charge in [0.2, 0.25) is 0 Å². The second-order valence-electron chi connectivity index (χ2n) is 7.78. The zero-order chi connectivity index (χ0) is 19.6. The minimum atomic E-state index is -0.528. The smallest absolute Gasteiger partial charge is 0.329 e. The Kier molecular flexibility index (Phi) is 6.10. The predicted molar refractivity (Wildman–Crippen MR) is 111 cm³/mol. The fraction of sp³-hybridized carbons (Fsp3) is 0.455. The van der Waals surface area contributed by atoms with Gasteiger partial charge < -0.3 is 9.64 Å². The van der Waals surface area contributed by atoms with E-state index < -0.39 is 6.04 Å². The molecule has 3 rings (SSSR count). The molecule has 1 saturated heterocycles. The first-order chi connectivity index (χ1) is 12.9. The molecule has 0 aromatic heterocycles. The second kappa shape index (κ2) is 8.34. The van der Waals surface area contributed by atoms with Gasteiger partial charge in [0.15, 0.2) is 0 Å². The van der Waals surface area contributed by atoms with Crippen LogP contribution in [0.2, 0.25) is 0 Å². The van der Waals surface area contributed by atoms with Gasteiger partial charge in [0.25, 0.3) is 5.91 Å². The van der Waals surface area contributed by atoms with Crippen LogP contribution in [0.25, 0.3) is 10.8 Å². The highest BCUT2D eigenvalue weighted by molar-refractivity contribution is 8.00. The van der Waals surface area contributed by atoms with Crippen LogP contribution >= 0.6 is 11.8 Å². The first-order valence-electron chi connectivity index (χ1n) is 9.48. The maximum absolute atomic E-state index is 13.4. The Morgan fingerprint density at radius 3 is 2.48 bits per heavy atom. The third kappa shape index (κ3) is 4.29. The summed E-state index contributed by atoms with van der Waals surface area (Å²) >= 11 is 1.66. The number of carbonyl (C=O) groups excluding carboxylic acids is 2. The number of nitrogens with zero attached hydrogens (tertiary/aromatic N) is 1. The van der Waals surface area contributed by atoms with Crippen LogP contribution in [0.15, 0.2) is 42.5 Å². The maximum Gasteiger partial charge on any atom is 0.329 e. The standard InChI is InChI=1S/C22H27NO3S/c1-14(2)12-26-22(25)19-13-27-21(15(3)4)23(19)20(24)18-10-9-16-7-5-6-8-17(16)11-18/h5-11,14-15,19,21H,12-13H2,1-4H3/t19-,21+/m1/s1. The third-order valence-corrected chi connectivity index (χ3v) is 6.29. The van der Waals surface area contributed by atoms with E-state index >= 15 is 0 Å². The molecular formula is C22H27NO3S. The third-order valence-electron chi connectivity index (χ3n) is 4.67. The average Bonchev–Trinajstić information content (AvgIpc) is 3.10. The minimum Gasteiger partial charge on any atom is -0.464 e. The van der Waals surface area contributed by atoms with Gasteiger partial charge in [-0.3, -0.25) is 4.79 Å². The summed E-state index contributed by atoms with van der Waals surface area (Å²) in [6, 6.07) is 13.2. The van der Waals surface area contributed by atoms with Crippen molar-refractivity contribution >= 4 is 34.4 Å². The Hall–Kier alpha value is -2.01. The Morgan fingerprint density at radius 1 is 1.11 bits per heavy atom. The van der Waals surface area contributed by atoms with Gasteiger partial charge in [0, 0.05) is 11.3 Å². The van der Waals surface area contributed by atoms with Gasteiger partial charge in [-0.05, 0) is 34.7 Å². The van der Waals surface area contributed by atoms with E-state index in [0.717, 1.165) is 10.8 Å². The molecule has 0 saturated carbocycles. The van der Waals surface area contributed by atoms with Crippen LogP contribution < -0.4 is 0 Å². The zero-order valence-electron chi connectivity index (χ0n) is 16.3. The monoisotopic (exact) mass is 385 g/mol. The highest BCUT2D eigenvalue weighted by Gasteiger charge is 2.43. The Morgan fingerprint density at radius 2 is 1.81 bits per heavy atom. The van der Waals surface area contributed by atoms with Gasteiger partial charge in [-0.25, -0.2) is 4.79 Å². The molecule has 144 valence electrons. The van der Waals surface area contributed by atoms with E-state index in [1.165, 1.54) is 0 Å². The van der Waals surface area contributed by atoms with Crippen LogP contribution in [0, 0.1) is 11.8 Å². The molecule has 0 unspecified atom stereocenters. The number of benzene rings is 2. The van der Waals surface area contributed by atoms with Crippen molar-refractivity contribution in [2.24, 2.45) is 11.8 Å². The summed E-state index contributed by atoms with van der Waals surface area (Å²) in [6.07, 6.45) is 0. The van der Waals surface area contributed by atoms with E-state index in [2.05, 4.69) is 13.8 Å². The van der Waals surface area contributed by atoms with E-state index in [1.54, 1.807) is 16.7 Å². The predicted octanol–water partition coefficient (Wildman–Crippen LogP) is 4.58. The van der Waals surface area contributed by atoms with Gasteiger partial charge in [-0.2, -0.15) is 0 Å². The molecule has 0 radical (unpaired) electrons. The fourth-order valence-electron chi connectivity index (χ4n) is 3.30. The summed E-state index contributed by atoms with van der Waals surface area (Å²) in [6.45, 7) is 8.56. The van der Waals surface area contributed by atoms with Crippen molar-refractivity contribution in [2.45, 2.75) is 39.1 Å². The molecule has 0 aliphatic carbocycles. The molecule has 1 heterocycles. The number of hydrogen-bond donors (Lipinski definition) is 0. The van der Waals surface area contributed by atoms with E-state index in [0.29, 0.717) is 17.9 Å². The van der Waals surface area contributed by atoms with Gasteiger partial charge in [-0.15, -0.1) is 11.8 Å². The van der Waals surface area contributed by atoms with Gasteiger partial charge in [0.05, 0.1) is 12.0 Å². The van der Waals surface area contributed by atoms with Crippen LogP contribution in [0.4, 0.5) is 0 Å². The summed E-state index contributed by atoms with van der Waals surface area (Å²) in [7, 11) is 0. The molecule has 5 heteroatoms. The molecule has 1 aliphatic rings. The molecular weight excluding hydrogens is 358 g/mol. The molecule has 0 N–H and O–H groups in total. The van der Waals surface area contributed by atoms with Crippen molar-refractivity contribution in [2.75, 3.05) is 12.4 Å². The summed E-state index contributed by atoms with van der Waals surface area (Å²) in [5.74, 6) is 0.708. The van der Waals surface area contributed by atoms with E-state index in [4.69, 9.17) is 4.74 Å². The number of rotatable bonds is 5. The van der Waals surface area contributed by atoms with Gasteiger partial charge in [0.1, 0.15) is 6.04 Å². The summed E-state index contributed by atoms with van der Waals surface area (Å²) < 4.78 is 5.46. The van der Waals surface area contributed by atoms with Crippen LogP contribution in [0.1, 0.15) is 38.1 Å². The van der Waals surface area contributed by atoms with E-state index in [1.807, 2.05) is 56.3 Å². The van der Waals surface area contributed by atoms with Crippen molar-refractivity contribution in [1.29, 1.82) is 0 Å². The molecule has 4 nitrogen and oxygen atoms in total. The van der Waals surface area contributed by atoms with Crippen molar-refractivity contribution in [1.82, 2.24) is 4.90 Å². The number of hydrogen-bond acceptors (Lipinski definition) is 4. The average molecular weight is 386 g/mol. The lowest BCUT2D eigenvalue weighted by Gasteiger charge is -2.30. The van der Waals surface area contributed by atoms with Crippen molar-refractivity contribution in [3.05, 3.63) is 48.0 Å². The number of ether oxygens (including phenoxy) is 1. The molecule has 1 fully saturated rings. The molecule has 2 aromatic carbocycles. The lowest BCUT2D eigenvalue weighted by Crippen LogP contribution is -2.48. The topological polar surface area (TPSA) is 46.6 Å². The molecule has 0 spiro atoms. The van der Waals surface area contributed by atoms with Crippen LogP contribution in [0.3, 0.4) is 0 Å². The Balaban J connectivity index is 1.89. The van der Waals surface area contributed by atoms with Crippen LogP contribution in [-0.4, -0.2) is 40.6 Å². The minimum absolute atomic E-state index is 0.0272. The van der Waals surface area contributed by atoms with E-state index in [-0.39, 0.29) is 29.1 Å². The Labute approximate surface area is 165 Å². The van der Waals surface area contributed by atoms with Crippen molar-refractivity contribution in [3.8, 4) is 0 Å². The lowest BCUT2D eigenvalue weighted by atomic mass is 10.0. The summed E-state index contributed by atoms with van der Waals surface area (Å²) in [5, 5.41) is 2.09. The highest BCUT2D eigenvalue weighted by atomic mass is 32.2. The number of amides is 1. The normalized spacial score (nSPS) is 19.9. The van der Waals surface area contributed by atoms with Crippen molar-refractivity contribution < 1.29 is 14.3 Å².